The second-order valence-electron chi connectivity index (χ2n) is 4.14. The summed E-state index contributed by atoms with van der Waals surface area (Å²) < 4.78 is 2.17. The van der Waals surface area contributed by atoms with E-state index >= 15 is 0 Å². The van der Waals surface area contributed by atoms with Gasteiger partial charge in [0, 0.05) is 18.5 Å². The van der Waals surface area contributed by atoms with Crippen LogP contribution >= 0.6 is 0 Å². The number of hydrogen-bond donors (Lipinski definition) is 1. The summed E-state index contributed by atoms with van der Waals surface area (Å²) in [5.74, 6) is 2.04. The molecule has 1 heterocycles. The third-order valence-corrected chi connectivity index (χ3v) is 2.28. The molecule has 1 unspecified atom stereocenters. The van der Waals surface area contributed by atoms with Crippen LogP contribution in [0.5, 0.6) is 0 Å². The predicted molar refractivity (Wildman–Crippen MR) is 57.1 cm³/mol. The first kappa shape index (κ1) is 11.2. The van der Waals surface area contributed by atoms with Crippen LogP contribution in [0.4, 0.5) is 0 Å². The van der Waals surface area contributed by atoms with Crippen LogP contribution in [0.2, 0.25) is 0 Å². The van der Waals surface area contributed by atoms with Gasteiger partial charge in [0.05, 0.1) is 0 Å². The average Bonchev–Trinajstić information content (AvgIpc) is 2.43. The summed E-state index contributed by atoms with van der Waals surface area (Å²) in [6.07, 6.45) is 1.88. The van der Waals surface area contributed by atoms with Crippen molar-refractivity contribution in [1.82, 2.24) is 14.8 Å². The van der Waals surface area contributed by atoms with Gasteiger partial charge in [-0.25, -0.2) is 0 Å². The zero-order valence-electron chi connectivity index (χ0n) is 9.49. The highest BCUT2D eigenvalue weighted by atomic mass is 15.3. The Balaban J connectivity index is 2.76. The molecular weight excluding hydrogens is 176 g/mol. The summed E-state index contributed by atoms with van der Waals surface area (Å²) >= 11 is 0. The van der Waals surface area contributed by atoms with E-state index in [1.54, 1.807) is 0 Å². The maximum Gasteiger partial charge on any atom is 0.133 e. The van der Waals surface area contributed by atoms with Gasteiger partial charge in [0.1, 0.15) is 11.6 Å². The first-order valence-electron chi connectivity index (χ1n) is 5.18. The highest BCUT2D eigenvalue weighted by Crippen LogP contribution is 2.12. The molecule has 2 N–H and O–H groups in total. The molecule has 0 fully saturated rings. The molecule has 0 spiro atoms. The fourth-order valence-corrected chi connectivity index (χ4v) is 1.61. The summed E-state index contributed by atoms with van der Waals surface area (Å²) in [5.41, 5.74) is 5.72. The third kappa shape index (κ3) is 2.54. The maximum absolute atomic E-state index is 5.72. The van der Waals surface area contributed by atoms with Gasteiger partial charge in [-0.1, -0.05) is 0 Å². The Bertz CT molecular complexity index is 288. The van der Waals surface area contributed by atoms with E-state index in [1.165, 1.54) is 0 Å². The number of aromatic nitrogens is 3. The van der Waals surface area contributed by atoms with Crippen molar-refractivity contribution in [3.63, 3.8) is 0 Å². The van der Waals surface area contributed by atoms with Crippen LogP contribution in [-0.4, -0.2) is 20.8 Å². The maximum atomic E-state index is 5.72. The molecule has 0 bridgehead atoms. The van der Waals surface area contributed by atoms with E-state index < -0.39 is 0 Å². The predicted octanol–water partition coefficient (Wildman–Crippen LogP) is 1.45. The van der Waals surface area contributed by atoms with Crippen molar-refractivity contribution in [1.29, 1.82) is 0 Å². The average molecular weight is 196 g/mol. The minimum atomic E-state index is 0.229. The topological polar surface area (TPSA) is 56.7 Å². The highest BCUT2D eigenvalue weighted by molar-refractivity contribution is 4.96. The minimum absolute atomic E-state index is 0.229. The summed E-state index contributed by atoms with van der Waals surface area (Å²) in [6, 6.07) is 0.653. The van der Waals surface area contributed by atoms with Crippen molar-refractivity contribution in [2.45, 2.75) is 52.6 Å². The largest absolute Gasteiger partial charge is 0.328 e. The second kappa shape index (κ2) is 4.55. The summed E-state index contributed by atoms with van der Waals surface area (Å²) in [5, 5.41) is 8.25. The van der Waals surface area contributed by atoms with Crippen LogP contribution in [0.25, 0.3) is 0 Å². The minimum Gasteiger partial charge on any atom is -0.328 e. The first-order valence-corrected chi connectivity index (χ1v) is 5.18. The molecule has 1 atom stereocenters. The summed E-state index contributed by atoms with van der Waals surface area (Å²) in [4.78, 5) is 0. The van der Waals surface area contributed by atoms with Crippen LogP contribution in [-0.2, 0) is 6.42 Å². The molecule has 0 saturated heterocycles. The van der Waals surface area contributed by atoms with Crippen LogP contribution < -0.4 is 5.73 Å². The summed E-state index contributed by atoms with van der Waals surface area (Å²) in [7, 11) is 0. The molecule has 0 radical (unpaired) electrons. The molecule has 14 heavy (non-hydrogen) atoms. The Kier molecular flexibility index (Phi) is 3.63. The molecule has 1 aromatic heterocycles. The molecule has 80 valence electrons. The lowest BCUT2D eigenvalue weighted by atomic mass is 10.2. The van der Waals surface area contributed by atoms with Gasteiger partial charge in [0.15, 0.2) is 0 Å². The molecule has 0 saturated carbocycles. The molecule has 0 aliphatic carbocycles. The van der Waals surface area contributed by atoms with E-state index in [1.807, 2.05) is 13.8 Å². The van der Waals surface area contributed by atoms with Crippen LogP contribution in [0.15, 0.2) is 0 Å². The molecule has 0 aliphatic rings. The zero-order valence-corrected chi connectivity index (χ0v) is 9.49. The Morgan fingerprint density at radius 2 is 1.93 bits per heavy atom. The fraction of sp³-hybridized carbons (Fsp3) is 0.800. The Morgan fingerprint density at radius 3 is 2.43 bits per heavy atom. The van der Waals surface area contributed by atoms with E-state index in [2.05, 4.69) is 28.6 Å². The van der Waals surface area contributed by atoms with Crippen LogP contribution in [0, 0.1) is 6.92 Å². The van der Waals surface area contributed by atoms with Crippen LogP contribution in [0.1, 0.15) is 44.9 Å². The molecule has 1 rings (SSSR count). The standard InChI is InChI=1S/C10H20N4/c1-7(2)14-9(4)12-13-10(14)6-5-8(3)11/h7-8H,5-6,11H2,1-4H3. The molecule has 4 heteroatoms. The van der Waals surface area contributed by atoms with Crippen LogP contribution in [0.3, 0.4) is 0 Å². The monoisotopic (exact) mass is 196 g/mol. The van der Waals surface area contributed by atoms with Gasteiger partial charge in [0.25, 0.3) is 0 Å². The van der Waals surface area contributed by atoms with Crippen molar-refractivity contribution < 1.29 is 0 Å². The number of nitrogens with zero attached hydrogens (tertiary/aromatic N) is 3. The van der Waals surface area contributed by atoms with E-state index in [-0.39, 0.29) is 6.04 Å². The Morgan fingerprint density at radius 1 is 1.29 bits per heavy atom. The van der Waals surface area contributed by atoms with E-state index in [4.69, 9.17) is 5.73 Å². The lowest BCUT2D eigenvalue weighted by Crippen LogP contribution is -2.17. The molecule has 0 amide bonds. The SMILES string of the molecule is Cc1nnc(CCC(C)N)n1C(C)C. The van der Waals surface area contributed by atoms with Gasteiger partial charge >= 0.3 is 0 Å². The Labute approximate surface area is 85.5 Å². The first-order chi connectivity index (χ1) is 6.52. The number of rotatable bonds is 4. The van der Waals surface area contributed by atoms with Gasteiger partial charge in [-0.15, -0.1) is 10.2 Å². The number of nitrogens with two attached hydrogens (primary N) is 1. The zero-order chi connectivity index (χ0) is 10.7. The lowest BCUT2D eigenvalue weighted by Gasteiger charge is -2.12. The van der Waals surface area contributed by atoms with Crippen molar-refractivity contribution in [2.75, 3.05) is 0 Å². The van der Waals surface area contributed by atoms with Gasteiger partial charge in [0.2, 0.25) is 0 Å². The quantitative estimate of drug-likeness (QED) is 0.793. The normalized spacial score (nSPS) is 13.6. The lowest BCUT2D eigenvalue weighted by molar-refractivity contribution is 0.536. The fourth-order valence-electron chi connectivity index (χ4n) is 1.61. The summed E-state index contributed by atoms with van der Waals surface area (Å²) in [6.45, 7) is 8.29. The smallest absolute Gasteiger partial charge is 0.133 e. The van der Waals surface area contributed by atoms with Gasteiger partial charge in [-0.2, -0.15) is 0 Å². The molecule has 0 aromatic carbocycles. The molecular formula is C10H20N4. The van der Waals surface area contributed by atoms with Gasteiger partial charge in [-0.3, -0.25) is 0 Å². The molecule has 1 aromatic rings. The third-order valence-electron chi connectivity index (χ3n) is 2.28. The number of aryl methyl sites for hydroxylation is 2. The molecule has 4 nitrogen and oxygen atoms in total. The van der Waals surface area contributed by atoms with E-state index in [9.17, 15) is 0 Å². The van der Waals surface area contributed by atoms with Crippen molar-refractivity contribution in [2.24, 2.45) is 5.73 Å². The van der Waals surface area contributed by atoms with E-state index in [0.29, 0.717) is 6.04 Å². The highest BCUT2D eigenvalue weighted by Gasteiger charge is 2.11. The molecule has 0 aliphatic heterocycles. The van der Waals surface area contributed by atoms with Gasteiger partial charge in [-0.05, 0) is 34.1 Å². The Hall–Kier alpha value is -0.900. The van der Waals surface area contributed by atoms with Crippen molar-refractivity contribution >= 4 is 0 Å². The van der Waals surface area contributed by atoms with Crippen molar-refractivity contribution in [3.8, 4) is 0 Å². The second-order valence-corrected chi connectivity index (χ2v) is 4.14. The van der Waals surface area contributed by atoms with Crippen molar-refractivity contribution in [3.05, 3.63) is 11.6 Å². The van der Waals surface area contributed by atoms with Gasteiger partial charge < -0.3 is 10.3 Å². The number of hydrogen-bond acceptors (Lipinski definition) is 3. The van der Waals surface area contributed by atoms with E-state index in [0.717, 1.165) is 24.5 Å².